The van der Waals surface area contributed by atoms with Gasteiger partial charge in [-0.05, 0) is 35.9 Å². The van der Waals surface area contributed by atoms with Gasteiger partial charge in [-0.25, -0.2) is 0 Å². The third-order valence-corrected chi connectivity index (χ3v) is 2.59. The lowest BCUT2D eigenvalue weighted by Crippen LogP contribution is -2.40. The zero-order chi connectivity index (χ0) is 14.4. The third-order valence-electron chi connectivity index (χ3n) is 2.34. The van der Waals surface area contributed by atoms with E-state index in [0.29, 0.717) is 5.02 Å². The second kappa shape index (κ2) is 6.58. The molecule has 0 aliphatic heterocycles. The van der Waals surface area contributed by atoms with E-state index in [2.05, 4.69) is 10.9 Å². The average Bonchev–Trinajstić information content (AvgIpc) is 2.98. The van der Waals surface area contributed by atoms with Crippen LogP contribution in [0.25, 0.3) is 6.08 Å². The normalized spacial score (nSPS) is 10.4. The van der Waals surface area contributed by atoms with Crippen molar-refractivity contribution >= 4 is 29.5 Å². The van der Waals surface area contributed by atoms with Crippen molar-refractivity contribution < 1.29 is 14.0 Å². The Morgan fingerprint density at radius 1 is 1.10 bits per heavy atom. The number of benzene rings is 1. The Bertz CT molecular complexity index is 618. The highest BCUT2D eigenvalue weighted by Gasteiger charge is 2.07. The maximum absolute atomic E-state index is 11.5. The Balaban J connectivity index is 1.83. The van der Waals surface area contributed by atoms with Crippen molar-refractivity contribution in [2.45, 2.75) is 0 Å². The Hall–Kier alpha value is -2.53. The zero-order valence-corrected chi connectivity index (χ0v) is 11.1. The largest absolute Gasteiger partial charge is 0.459 e. The lowest BCUT2D eigenvalue weighted by molar-refractivity contribution is -0.117. The van der Waals surface area contributed by atoms with E-state index in [1.54, 1.807) is 36.4 Å². The van der Waals surface area contributed by atoms with Gasteiger partial charge in [0.15, 0.2) is 5.76 Å². The van der Waals surface area contributed by atoms with E-state index in [-0.39, 0.29) is 5.76 Å². The van der Waals surface area contributed by atoms with E-state index >= 15 is 0 Å². The van der Waals surface area contributed by atoms with Gasteiger partial charge in [-0.3, -0.25) is 20.4 Å². The molecule has 0 bridgehead atoms. The van der Waals surface area contributed by atoms with Gasteiger partial charge in [0.2, 0.25) is 0 Å². The van der Waals surface area contributed by atoms with Crippen molar-refractivity contribution in [3.05, 3.63) is 65.1 Å². The molecule has 2 rings (SSSR count). The molecule has 2 N–H and O–H groups in total. The fraction of sp³-hybridized carbons (Fsp3) is 0. The van der Waals surface area contributed by atoms with Crippen LogP contribution in [-0.4, -0.2) is 11.8 Å². The highest BCUT2D eigenvalue weighted by Crippen LogP contribution is 2.10. The summed E-state index contributed by atoms with van der Waals surface area (Å²) in [5.41, 5.74) is 5.29. The minimum Gasteiger partial charge on any atom is -0.459 e. The molecule has 2 amide bonds. The average molecular weight is 291 g/mol. The van der Waals surface area contributed by atoms with Crippen LogP contribution in [-0.2, 0) is 4.79 Å². The number of hydrogen-bond acceptors (Lipinski definition) is 3. The molecule has 6 heteroatoms. The van der Waals surface area contributed by atoms with E-state index in [1.165, 1.54) is 18.4 Å². The first-order valence-corrected chi connectivity index (χ1v) is 6.10. The summed E-state index contributed by atoms with van der Waals surface area (Å²) < 4.78 is 4.87. The summed E-state index contributed by atoms with van der Waals surface area (Å²) >= 11 is 5.75. The summed E-state index contributed by atoms with van der Waals surface area (Å²) in [5, 5.41) is 0.623. The number of halogens is 1. The highest BCUT2D eigenvalue weighted by atomic mass is 35.5. The number of hydrogen-bond donors (Lipinski definition) is 2. The van der Waals surface area contributed by atoms with Crippen LogP contribution in [0.1, 0.15) is 16.1 Å². The molecular weight excluding hydrogens is 280 g/mol. The molecule has 1 aromatic heterocycles. The minimum atomic E-state index is -0.525. The summed E-state index contributed by atoms with van der Waals surface area (Å²) in [6.45, 7) is 0. The van der Waals surface area contributed by atoms with Gasteiger partial charge in [-0.15, -0.1) is 0 Å². The summed E-state index contributed by atoms with van der Waals surface area (Å²) in [4.78, 5) is 23.0. The van der Waals surface area contributed by atoms with Crippen LogP contribution < -0.4 is 10.9 Å². The number of carbonyl (C=O) groups is 2. The first-order valence-electron chi connectivity index (χ1n) is 5.72. The predicted molar refractivity (Wildman–Crippen MR) is 74.8 cm³/mol. The fourth-order valence-corrected chi connectivity index (χ4v) is 1.50. The van der Waals surface area contributed by atoms with Gasteiger partial charge in [0.05, 0.1) is 6.26 Å². The number of amides is 2. The van der Waals surface area contributed by atoms with E-state index < -0.39 is 11.8 Å². The Kier molecular flexibility index (Phi) is 4.57. The lowest BCUT2D eigenvalue weighted by Gasteiger charge is -2.02. The minimum absolute atomic E-state index is 0.118. The second-order valence-corrected chi connectivity index (χ2v) is 4.24. The van der Waals surface area contributed by atoms with E-state index in [0.717, 1.165) is 5.56 Å². The quantitative estimate of drug-likeness (QED) is 0.673. The molecule has 0 spiro atoms. The highest BCUT2D eigenvalue weighted by molar-refractivity contribution is 6.30. The number of furan rings is 1. The molecule has 5 nitrogen and oxygen atoms in total. The standard InChI is InChI=1S/C14H11ClN2O3/c15-11-6-3-10(4-7-11)5-8-13(18)16-17-14(19)12-2-1-9-20-12/h1-9H,(H,16,18)(H,17,19)/b8-5+. The molecule has 0 saturated heterocycles. The van der Waals surface area contributed by atoms with Crippen LogP contribution in [0.2, 0.25) is 5.02 Å². The molecule has 0 saturated carbocycles. The summed E-state index contributed by atoms with van der Waals surface area (Å²) in [5.74, 6) is -0.866. The Morgan fingerprint density at radius 2 is 1.85 bits per heavy atom. The smallest absolute Gasteiger partial charge is 0.305 e. The van der Waals surface area contributed by atoms with Crippen molar-refractivity contribution in [2.24, 2.45) is 0 Å². The molecule has 1 aromatic carbocycles. The fourth-order valence-electron chi connectivity index (χ4n) is 1.38. The number of nitrogens with one attached hydrogen (secondary N) is 2. The monoisotopic (exact) mass is 290 g/mol. The summed E-state index contributed by atoms with van der Waals surface area (Å²) in [6.07, 6.45) is 4.27. The first-order chi connectivity index (χ1) is 9.65. The van der Waals surface area contributed by atoms with Crippen LogP contribution in [0.15, 0.2) is 53.2 Å². The third kappa shape index (κ3) is 4.00. The zero-order valence-electron chi connectivity index (χ0n) is 10.3. The van der Waals surface area contributed by atoms with Crippen LogP contribution >= 0.6 is 11.6 Å². The molecule has 0 unspecified atom stereocenters. The molecule has 0 aliphatic rings. The van der Waals surface area contributed by atoms with E-state index in [9.17, 15) is 9.59 Å². The van der Waals surface area contributed by atoms with Gasteiger partial charge in [0.25, 0.3) is 5.91 Å². The van der Waals surface area contributed by atoms with Crippen LogP contribution in [0.3, 0.4) is 0 Å². The molecule has 0 fully saturated rings. The van der Waals surface area contributed by atoms with Crippen molar-refractivity contribution in [3.8, 4) is 0 Å². The van der Waals surface area contributed by atoms with Crippen molar-refractivity contribution in [3.63, 3.8) is 0 Å². The molecule has 102 valence electrons. The van der Waals surface area contributed by atoms with Crippen LogP contribution in [0.4, 0.5) is 0 Å². The first kappa shape index (κ1) is 13.9. The van der Waals surface area contributed by atoms with Crippen LogP contribution in [0, 0.1) is 0 Å². The maximum atomic E-state index is 11.5. The van der Waals surface area contributed by atoms with Gasteiger partial charge in [-0.1, -0.05) is 23.7 Å². The second-order valence-electron chi connectivity index (χ2n) is 3.81. The van der Waals surface area contributed by atoms with Crippen molar-refractivity contribution in [1.82, 2.24) is 10.9 Å². The van der Waals surface area contributed by atoms with Gasteiger partial charge >= 0.3 is 5.91 Å². The van der Waals surface area contributed by atoms with Gasteiger partial charge < -0.3 is 4.42 Å². The molecule has 2 aromatic rings. The molecule has 0 aliphatic carbocycles. The molecule has 1 heterocycles. The van der Waals surface area contributed by atoms with Gasteiger partial charge in [-0.2, -0.15) is 0 Å². The SMILES string of the molecule is O=C(/C=C/c1ccc(Cl)cc1)NNC(=O)c1ccco1. The molecule has 0 radical (unpaired) electrons. The number of rotatable bonds is 3. The van der Waals surface area contributed by atoms with Gasteiger partial charge in [0.1, 0.15) is 0 Å². The lowest BCUT2D eigenvalue weighted by atomic mass is 10.2. The number of carbonyl (C=O) groups excluding carboxylic acids is 2. The van der Waals surface area contributed by atoms with Crippen molar-refractivity contribution in [1.29, 1.82) is 0 Å². The summed E-state index contributed by atoms with van der Waals surface area (Å²) in [6, 6.07) is 10.1. The van der Waals surface area contributed by atoms with Crippen molar-refractivity contribution in [2.75, 3.05) is 0 Å². The molecule has 20 heavy (non-hydrogen) atoms. The summed E-state index contributed by atoms with van der Waals surface area (Å²) in [7, 11) is 0. The maximum Gasteiger partial charge on any atom is 0.305 e. The topological polar surface area (TPSA) is 71.3 Å². The molecular formula is C14H11ClN2O3. The Labute approximate surface area is 120 Å². The predicted octanol–water partition coefficient (Wildman–Crippen LogP) is 2.41. The van der Waals surface area contributed by atoms with E-state index in [4.69, 9.17) is 16.0 Å². The Morgan fingerprint density at radius 3 is 2.50 bits per heavy atom. The molecule has 0 atom stereocenters. The van der Waals surface area contributed by atoms with E-state index in [1.807, 2.05) is 0 Å². The number of hydrazine groups is 1. The van der Waals surface area contributed by atoms with Crippen LogP contribution in [0.5, 0.6) is 0 Å². The van der Waals surface area contributed by atoms with Gasteiger partial charge in [0, 0.05) is 11.1 Å².